The van der Waals surface area contributed by atoms with Crippen molar-refractivity contribution < 1.29 is 9.53 Å². The first kappa shape index (κ1) is 11.5. The van der Waals surface area contributed by atoms with Crippen molar-refractivity contribution in [3.05, 3.63) is 0 Å². The fraction of sp³-hybridized carbons (Fsp3) is 0.900. The van der Waals surface area contributed by atoms with Gasteiger partial charge in [0.05, 0.1) is 12.1 Å². The van der Waals surface area contributed by atoms with E-state index in [0.717, 1.165) is 13.0 Å². The summed E-state index contributed by atoms with van der Waals surface area (Å²) in [6.07, 6.45) is 1.40. The van der Waals surface area contributed by atoms with Crippen molar-refractivity contribution in [1.29, 1.82) is 0 Å². The topological polar surface area (TPSA) is 64.4 Å². The predicted molar refractivity (Wildman–Crippen MR) is 54.8 cm³/mol. The number of nitrogens with one attached hydrogen (secondary N) is 1. The van der Waals surface area contributed by atoms with Gasteiger partial charge in [-0.2, -0.15) is 0 Å². The van der Waals surface area contributed by atoms with Gasteiger partial charge in [0.1, 0.15) is 0 Å². The number of amides is 1. The molecule has 2 unspecified atom stereocenters. The van der Waals surface area contributed by atoms with E-state index in [1.807, 2.05) is 13.8 Å². The molecule has 0 radical (unpaired) electrons. The fourth-order valence-electron chi connectivity index (χ4n) is 1.55. The first-order valence-electron chi connectivity index (χ1n) is 5.14. The van der Waals surface area contributed by atoms with Crippen LogP contribution in [-0.2, 0) is 9.53 Å². The average molecular weight is 200 g/mol. The number of hydrogen-bond donors (Lipinski definition) is 2. The lowest BCUT2D eigenvalue weighted by Gasteiger charge is -2.24. The van der Waals surface area contributed by atoms with Gasteiger partial charge >= 0.3 is 0 Å². The summed E-state index contributed by atoms with van der Waals surface area (Å²) in [7, 11) is 0. The molecule has 1 aliphatic heterocycles. The SMILES string of the molecule is CC(CN)CC(=O)NC1(C)CCOC1. The van der Waals surface area contributed by atoms with E-state index in [2.05, 4.69) is 5.32 Å². The molecule has 1 fully saturated rings. The molecule has 14 heavy (non-hydrogen) atoms. The second-order valence-corrected chi connectivity index (χ2v) is 4.46. The zero-order valence-electron chi connectivity index (χ0n) is 9.01. The van der Waals surface area contributed by atoms with E-state index in [0.29, 0.717) is 19.6 Å². The van der Waals surface area contributed by atoms with Crippen LogP contribution in [0.25, 0.3) is 0 Å². The van der Waals surface area contributed by atoms with Crippen molar-refractivity contribution in [1.82, 2.24) is 5.32 Å². The first-order valence-corrected chi connectivity index (χ1v) is 5.14. The van der Waals surface area contributed by atoms with Gasteiger partial charge in [0.2, 0.25) is 5.91 Å². The molecule has 0 aromatic heterocycles. The molecule has 0 saturated carbocycles. The van der Waals surface area contributed by atoms with Crippen molar-refractivity contribution in [3.63, 3.8) is 0 Å². The maximum Gasteiger partial charge on any atom is 0.220 e. The Balaban J connectivity index is 2.32. The largest absolute Gasteiger partial charge is 0.379 e. The number of rotatable bonds is 4. The lowest BCUT2D eigenvalue weighted by Crippen LogP contribution is -2.47. The van der Waals surface area contributed by atoms with E-state index in [1.165, 1.54) is 0 Å². The van der Waals surface area contributed by atoms with Crippen LogP contribution in [-0.4, -0.2) is 31.2 Å². The number of ether oxygens (including phenoxy) is 1. The maximum absolute atomic E-state index is 11.6. The van der Waals surface area contributed by atoms with E-state index in [9.17, 15) is 4.79 Å². The van der Waals surface area contributed by atoms with E-state index in [1.54, 1.807) is 0 Å². The van der Waals surface area contributed by atoms with Crippen molar-refractivity contribution in [2.75, 3.05) is 19.8 Å². The Kier molecular flexibility index (Phi) is 3.89. The van der Waals surface area contributed by atoms with E-state index >= 15 is 0 Å². The highest BCUT2D eigenvalue weighted by atomic mass is 16.5. The normalized spacial score (nSPS) is 28.8. The molecule has 1 saturated heterocycles. The summed E-state index contributed by atoms with van der Waals surface area (Å²) in [5.41, 5.74) is 5.30. The second-order valence-electron chi connectivity index (χ2n) is 4.46. The Bertz CT molecular complexity index is 200. The van der Waals surface area contributed by atoms with Crippen LogP contribution in [0.5, 0.6) is 0 Å². The van der Waals surface area contributed by atoms with Crippen LogP contribution in [0.3, 0.4) is 0 Å². The van der Waals surface area contributed by atoms with Gasteiger partial charge in [-0.25, -0.2) is 0 Å². The molecule has 0 bridgehead atoms. The van der Waals surface area contributed by atoms with E-state index in [4.69, 9.17) is 10.5 Å². The van der Waals surface area contributed by atoms with Crippen molar-refractivity contribution in [2.45, 2.75) is 32.2 Å². The fourth-order valence-corrected chi connectivity index (χ4v) is 1.55. The minimum atomic E-state index is -0.161. The maximum atomic E-state index is 11.6. The molecular weight excluding hydrogens is 180 g/mol. The van der Waals surface area contributed by atoms with Crippen LogP contribution in [0.2, 0.25) is 0 Å². The quantitative estimate of drug-likeness (QED) is 0.684. The summed E-state index contributed by atoms with van der Waals surface area (Å²) in [4.78, 5) is 11.6. The molecule has 0 spiro atoms. The number of carbonyl (C=O) groups is 1. The number of carbonyl (C=O) groups excluding carboxylic acids is 1. The molecule has 0 aliphatic carbocycles. The smallest absolute Gasteiger partial charge is 0.220 e. The molecular formula is C10H20N2O2. The molecule has 3 N–H and O–H groups in total. The third kappa shape index (κ3) is 3.27. The zero-order valence-corrected chi connectivity index (χ0v) is 9.01. The molecule has 1 amide bonds. The Labute approximate surface area is 85.2 Å². The predicted octanol–water partition coefficient (Wildman–Crippen LogP) is 0.267. The van der Waals surface area contributed by atoms with E-state index < -0.39 is 0 Å². The number of nitrogens with two attached hydrogens (primary N) is 1. The van der Waals surface area contributed by atoms with Crippen molar-refractivity contribution in [2.24, 2.45) is 11.7 Å². The molecule has 1 heterocycles. The minimum Gasteiger partial charge on any atom is -0.379 e. The Morgan fingerprint density at radius 1 is 1.71 bits per heavy atom. The van der Waals surface area contributed by atoms with Gasteiger partial charge in [0.15, 0.2) is 0 Å². The highest BCUT2D eigenvalue weighted by Crippen LogP contribution is 2.17. The Hall–Kier alpha value is -0.610. The molecule has 0 aromatic rings. The van der Waals surface area contributed by atoms with E-state index in [-0.39, 0.29) is 17.4 Å². The second kappa shape index (κ2) is 4.75. The first-order chi connectivity index (χ1) is 6.56. The molecule has 0 aromatic carbocycles. The lowest BCUT2D eigenvalue weighted by molar-refractivity contribution is -0.123. The van der Waals surface area contributed by atoms with Gasteiger partial charge in [0.25, 0.3) is 0 Å². The monoisotopic (exact) mass is 200 g/mol. The molecule has 4 heteroatoms. The van der Waals surface area contributed by atoms with Gasteiger partial charge in [-0.15, -0.1) is 0 Å². The minimum absolute atomic E-state index is 0.0796. The molecule has 4 nitrogen and oxygen atoms in total. The van der Waals surface area contributed by atoms with Crippen LogP contribution in [0.4, 0.5) is 0 Å². The van der Waals surface area contributed by atoms with Crippen molar-refractivity contribution in [3.8, 4) is 0 Å². The van der Waals surface area contributed by atoms with Gasteiger partial charge in [-0.3, -0.25) is 4.79 Å². The average Bonchev–Trinajstić information content (AvgIpc) is 2.51. The summed E-state index contributed by atoms with van der Waals surface area (Å²) in [6, 6.07) is 0. The Morgan fingerprint density at radius 3 is 2.93 bits per heavy atom. The summed E-state index contributed by atoms with van der Waals surface area (Å²) in [5.74, 6) is 0.330. The number of hydrogen-bond acceptors (Lipinski definition) is 3. The third-order valence-electron chi connectivity index (χ3n) is 2.60. The summed E-state index contributed by atoms with van der Waals surface area (Å²) in [6.45, 7) is 5.91. The summed E-state index contributed by atoms with van der Waals surface area (Å²) in [5, 5.41) is 3.00. The molecule has 1 aliphatic rings. The van der Waals surface area contributed by atoms with Crippen LogP contribution in [0.15, 0.2) is 0 Å². The van der Waals surface area contributed by atoms with Crippen LogP contribution >= 0.6 is 0 Å². The third-order valence-corrected chi connectivity index (χ3v) is 2.60. The summed E-state index contributed by atoms with van der Waals surface area (Å²) >= 11 is 0. The molecule has 2 atom stereocenters. The van der Waals surface area contributed by atoms with Gasteiger partial charge in [0, 0.05) is 13.0 Å². The van der Waals surface area contributed by atoms with Gasteiger partial charge in [-0.1, -0.05) is 6.92 Å². The molecule has 82 valence electrons. The highest BCUT2D eigenvalue weighted by Gasteiger charge is 2.31. The highest BCUT2D eigenvalue weighted by molar-refractivity contribution is 5.77. The van der Waals surface area contributed by atoms with Gasteiger partial charge < -0.3 is 15.8 Å². The van der Waals surface area contributed by atoms with Crippen LogP contribution in [0.1, 0.15) is 26.7 Å². The molecule has 1 rings (SSSR count). The Morgan fingerprint density at radius 2 is 2.43 bits per heavy atom. The lowest BCUT2D eigenvalue weighted by atomic mass is 10.0. The van der Waals surface area contributed by atoms with Crippen LogP contribution < -0.4 is 11.1 Å². The standard InChI is InChI=1S/C10H20N2O2/c1-8(6-11)5-9(13)12-10(2)3-4-14-7-10/h8H,3-7,11H2,1-2H3,(H,12,13). The van der Waals surface area contributed by atoms with Gasteiger partial charge in [-0.05, 0) is 25.8 Å². The summed E-state index contributed by atoms with van der Waals surface area (Å²) < 4.78 is 5.25. The van der Waals surface area contributed by atoms with Crippen molar-refractivity contribution >= 4 is 5.91 Å². The van der Waals surface area contributed by atoms with Crippen LogP contribution in [0, 0.1) is 5.92 Å². The zero-order chi connectivity index (χ0) is 10.6.